The van der Waals surface area contributed by atoms with Crippen LogP contribution in [-0.4, -0.2) is 31.1 Å². The first-order chi connectivity index (χ1) is 12.7. The molecule has 5 rings (SSSR count). The summed E-state index contributed by atoms with van der Waals surface area (Å²) in [5, 5.41) is 16.8. The topological polar surface area (TPSA) is 85.6 Å². The van der Waals surface area contributed by atoms with Gasteiger partial charge >= 0.3 is 0 Å². The second kappa shape index (κ2) is 5.98. The quantitative estimate of drug-likeness (QED) is 0.766. The summed E-state index contributed by atoms with van der Waals surface area (Å²) in [4.78, 5) is 17.0. The van der Waals surface area contributed by atoms with E-state index in [1.165, 1.54) is 30.6 Å². The minimum Gasteiger partial charge on any atom is -0.302 e. The monoisotopic (exact) mass is 366 g/mol. The molecule has 1 N–H and O–H groups in total. The van der Waals surface area contributed by atoms with E-state index in [1.54, 1.807) is 11.0 Å². The number of anilines is 1. The number of nitrogens with one attached hydrogen (secondary N) is 1. The molecule has 3 aromatic rings. The molecule has 7 nitrogen and oxygen atoms in total. The first-order valence-corrected chi connectivity index (χ1v) is 9.69. The predicted molar refractivity (Wildman–Crippen MR) is 97.9 cm³/mol. The minimum absolute atomic E-state index is 0.117. The number of amides is 1. The van der Waals surface area contributed by atoms with E-state index in [-0.39, 0.29) is 11.8 Å². The number of benzene rings is 1. The van der Waals surface area contributed by atoms with Crippen LogP contribution in [0.4, 0.5) is 5.13 Å². The lowest BCUT2D eigenvalue weighted by Crippen LogP contribution is -2.47. The Morgan fingerprint density at radius 1 is 1.31 bits per heavy atom. The lowest BCUT2D eigenvalue weighted by Gasteiger charge is -2.53. The van der Waals surface area contributed by atoms with Crippen molar-refractivity contribution in [3.63, 3.8) is 0 Å². The molecule has 0 radical (unpaired) electrons. The molecule has 26 heavy (non-hydrogen) atoms. The van der Waals surface area contributed by atoms with Gasteiger partial charge in [-0.2, -0.15) is 0 Å². The molecule has 1 amide bonds. The molecule has 0 unspecified atom stereocenters. The van der Waals surface area contributed by atoms with Crippen LogP contribution in [-0.2, 0) is 4.79 Å². The Kier molecular flexibility index (Phi) is 3.59. The Morgan fingerprint density at radius 2 is 2.19 bits per heavy atom. The molecule has 0 aliphatic heterocycles. The highest BCUT2D eigenvalue weighted by Gasteiger charge is 2.50. The van der Waals surface area contributed by atoms with Crippen LogP contribution in [0.2, 0.25) is 0 Å². The number of nitrogens with zero attached hydrogens (tertiary/aromatic N) is 5. The van der Waals surface area contributed by atoms with Crippen molar-refractivity contribution >= 4 is 22.4 Å². The number of hydrogen-bond donors (Lipinski definition) is 1. The summed E-state index contributed by atoms with van der Waals surface area (Å²) in [5.41, 5.74) is 3.18. The van der Waals surface area contributed by atoms with Crippen molar-refractivity contribution in [1.82, 2.24) is 25.2 Å². The van der Waals surface area contributed by atoms with Crippen LogP contribution in [0, 0.1) is 11.3 Å². The highest BCUT2D eigenvalue weighted by Crippen LogP contribution is 2.58. The third kappa shape index (κ3) is 2.70. The van der Waals surface area contributed by atoms with Crippen LogP contribution in [0.3, 0.4) is 0 Å². The lowest BCUT2D eigenvalue weighted by atomic mass is 9.51. The molecule has 8 heteroatoms. The summed E-state index contributed by atoms with van der Waals surface area (Å²) in [6.07, 6.45) is 7.58. The smallest absolute Gasteiger partial charge is 0.229 e. The van der Waals surface area contributed by atoms with Gasteiger partial charge in [-0.25, -0.2) is 9.67 Å². The summed E-state index contributed by atoms with van der Waals surface area (Å²) in [6.45, 7) is 0. The number of hydrogen-bond acceptors (Lipinski definition) is 6. The van der Waals surface area contributed by atoms with E-state index in [1.807, 2.05) is 29.6 Å². The first kappa shape index (κ1) is 15.6. The third-order valence-corrected chi connectivity index (χ3v) is 6.39. The zero-order chi connectivity index (χ0) is 17.6. The molecule has 1 spiro atoms. The molecule has 2 aliphatic rings. The standard InChI is InChI=1S/C18H18N6OS/c25-16(13-8-18(9-13)5-2-6-18)21-17-20-15(10-26-17)12-3-1-4-14(7-12)24-11-19-22-23-24/h1,3-4,7,10-11,13H,2,5-6,8-9H2,(H,20,21,25). The Bertz CT molecular complexity index is 938. The van der Waals surface area contributed by atoms with Crippen LogP contribution in [0.15, 0.2) is 36.0 Å². The summed E-state index contributed by atoms with van der Waals surface area (Å²) >= 11 is 1.46. The van der Waals surface area contributed by atoms with Gasteiger partial charge in [0, 0.05) is 16.9 Å². The number of thiazole rings is 1. The number of aromatic nitrogens is 5. The van der Waals surface area contributed by atoms with Gasteiger partial charge in [-0.15, -0.1) is 16.4 Å². The van der Waals surface area contributed by atoms with Gasteiger partial charge in [0.25, 0.3) is 0 Å². The molecule has 0 saturated heterocycles. The van der Waals surface area contributed by atoms with E-state index in [0.717, 1.165) is 29.8 Å². The second-order valence-corrected chi connectivity index (χ2v) is 8.15. The van der Waals surface area contributed by atoms with E-state index in [4.69, 9.17) is 0 Å². The fourth-order valence-electron chi connectivity index (χ4n) is 4.01. The summed E-state index contributed by atoms with van der Waals surface area (Å²) < 4.78 is 1.60. The van der Waals surface area contributed by atoms with Crippen molar-refractivity contribution in [3.8, 4) is 16.9 Å². The molecular formula is C18H18N6OS. The summed E-state index contributed by atoms with van der Waals surface area (Å²) in [7, 11) is 0. The predicted octanol–water partition coefficient (Wildman–Crippen LogP) is 3.30. The normalized spacial score (nSPS) is 18.3. The number of carbonyl (C=O) groups excluding carboxylic acids is 1. The van der Waals surface area contributed by atoms with E-state index in [2.05, 4.69) is 25.8 Å². The molecule has 2 saturated carbocycles. The molecule has 1 aromatic carbocycles. The third-order valence-electron chi connectivity index (χ3n) is 5.63. The molecular weight excluding hydrogens is 348 g/mol. The molecule has 2 heterocycles. The van der Waals surface area contributed by atoms with Gasteiger partial charge in [0.15, 0.2) is 5.13 Å². The van der Waals surface area contributed by atoms with Crippen molar-refractivity contribution in [3.05, 3.63) is 36.0 Å². The molecule has 0 atom stereocenters. The Hall–Kier alpha value is -2.61. The molecule has 0 bridgehead atoms. The van der Waals surface area contributed by atoms with Crippen LogP contribution in [0.25, 0.3) is 16.9 Å². The van der Waals surface area contributed by atoms with E-state index in [9.17, 15) is 4.79 Å². The molecule has 2 aromatic heterocycles. The maximum atomic E-state index is 12.4. The Morgan fingerprint density at radius 3 is 2.92 bits per heavy atom. The van der Waals surface area contributed by atoms with Gasteiger partial charge in [-0.05, 0) is 53.7 Å². The minimum atomic E-state index is 0.117. The fourth-order valence-corrected chi connectivity index (χ4v) is 4.74. The highest BCUT2D eigenvalue weighted by molar-refractivity contribution is 7.14. The summed E-state index contributed by atoms with van der Waals surface area (Å²) in [5.74, 6) is 0.275. The van der Waals surface area contributed by atoms with E-state index in [0.29, 0.717) is 10.5 Å². The van der Waals surface area contributed by atoms with Gasteiger partial charge in [-0.3, -0.25) is 4.79 Å². The Balaban J connectivity index is 1.28. The summed E-state index contributed by atoms with van der Waals surface area (Å²) in [6, 6.07) is 7.84. The van der Waals surface area contributed by atoms with Crippen LogP contribution < -0.4 is 5.32 Å². The van der Waals surface area contributed by atoms with E-state index < -0.39 is 0 Å². The largest absolute Gasteiger partial charge is 0.302 e. The average molecular weight is 366 g/mol. The lowest BCUT2D eigenvalue weighted by molar-refractivity contribution is -0.131. The van der Waals surface area contributed by atoms with Crippen molar-refractivity contribution in [2.24, 2.45) is 11.3 Å². The van der Waals surface area contributed by atoms with Crippen molar-refractivity contribution in [1.29, 1.82) is 0 Å². The van der Waals surface area contributed by atoms with Crippen LogP contribution in [0.1, 0.15) is 32.1 Å². The van der Waals surface area contributed by atoms with Crippen LogP contribution in [0.5, 0.6) is 0 Å². The van der Waals surface area contributed by atoms with Gasteiger partial charge in [0.1, 0.15) is 6.33 Å². The van der Waals surface area contributed by atoms with Gasteiger partial charge in [0.2, 0.25) is 5.91 Å². The number of carbonyl (C=O) groups is 1. The second-order valence-electron chi connectivity index (χ2n) is 7.29. The fraction of sp³-hybridized carbons (Fsp3) is 0.389. The van der Waals surface area contributed by atoms with E-state index >= 15 is 0 Å². The van der Waals surface area contributed by atoms with Gasteiger partial charge in [-0.1, -0.05) is 18.6 Å². The van der Waals surface area contributed by atoms with Crippen LogP contribution >= 0.6 is 11.3 Å². The first-order valence-electron chi connectivity index (χ1n) is 8.81. The Labute approximate surface area is 154 Å². The maximum Gasteiger partial charge on any atom is 0.229 e. The maximum absolute atomic E-state index is 12.4. The molecule has 132 valence electrons. The average Bonchev–Trinajstić information content (AvgIpc) is 3.24. The van der Waals surface area contributed by atoms with Gasteiger partial charge in [0.05, 0.1) is 11.4 Å². The zero-order valence-corrected chi connectivity index (χ0v) is 14.9. The van der Waals surface area contributed by atoms with Crippen molar-refractivity contribution in [2.75, 3.05) is 5.32 Å². The SMILES string of the molecule is O=C(Nc1nc(-c2cccc(-n3cnnn3)c2)cs1)C1CC2(CCC2)C1. The van der Waals surface area contributed by atoms with Crippen molar-refractivity contribution in [2.45, 2.75) is 32.1 Å². The highest BCUT2D eigenvalue weighted by atomic mass is 32.1. The zero-order valence-electron chi connectivity index (χ0n) is 14.1. The molecule has 2 aliphatic carbocycles. The number of tetrazole rings is 1. The van der Waals surface area contributed by atoms with Crippen molar-refractivity contribution < 1.29 is 4.79 Å². The molecule has 2 fully saturated rings. The van der Waals surface area contributed by atoms with Gasteiger partial charge < -0.3 is 5.32 Å². The number of rotatable bonds is 4.